The van der Waals surface area contributed by atoms with Gasteiger partial charge in [-0.15, -0.1) is 0 Å². The van der Waals surface area contributed by atoms with Gasteiger partial charge in [0, 0.05) is 32.3 Å². The van der Waals surface area contributed by atoms with E-state index >= 15 is 0 Å². The van der Waals surface area contributed by atoms with E-state index in [2.05, 4.69) is 37.9 Å². The highest BCUT2D eigenvalue weighted by Gasteiger charge is 2.34. The van der Waals surface area contributed by atoms with Gasteiger partial charge in [0.05, 0.1) is 6.61 Å². The molecule has 0 spiro atoms. The van der Waals surface area contributed by atoms with Crippen molar-refractivity contribution >= 4 is 0 Å². The van der Waals surface area contributed by atoms with Crippen LogP contribution < -0.4 is 5.32 Å². The molecule has 0 heterocycles. The molecule has 1 saturated carbocycles. The van der Waals surface area contributed by atoms with Crippen molar-refractivity contribution in [1.29, 1.82) is 0 Å². The summed E-state index contributed by atoms with van der Waals surface area (Å²) < 4.78 is 5.30. The molecule has 0 bridgehead atoms. The molecule has 2 atom stereocenters. The minimum atomic E-state index is 0.643. The highest BCUT2D eigenvalue weighted by Crippen LogP contribution is 2.36. The zero-order chi connectivity index (χ0) is 14.3. The SMILES string of the molecule is CCC(CNCC(C)C)N(CCOC)C(C)C1CC1. The highest BCUT2D eigenvalue weighted by atomic mass is 16.5. The Kier molecular flexibility index (Phi) is 7.96. The normalized spacial score (nSPS) is 19.1. The van der Waals surface area contributed by atoms with E-state index in [1.807, 2.05) is 0 Å². The fourth-order valence-corrected chi connectivity index (χ4v) is 2.80. The predicted molar refractivity (Wildman–Crippen MR) is 82.6 cm³/mol. The van der Waals surface area contributed by atoms with E-state index in [0.717, 1.165) is 38.1 Å². The second-order valence-corrected chi connectivity index (χ2v) is 6.42. The fourth-order valence-electron chi connectivity index (χ4n) is 2.80. The first-order valence-corrected chi connectivity index (χ1v) is 8.05. The van der Waals surface area contributed by atoms with Crippen LogP contribution in [0.5, 0.6) is 0 Å². The monoisotopic (exact) mass is 270 g/mol. The van der Waals surface area contributed by atoms with Crippen LogP contribution in [0.3, 0.4) is 0 Å². The van der Waals surface area contributed by atoms with Gasteiger partial charge in [-0.25, -0.2) is 0 Å². The number of hydrogen-bond donors (Lipinski definition) is 1. The number of nitrogens with zero attached hydrogens (tertiary/aromatic N) is 1. The second kappa shape index (κ2) is 8.93. The van der Waals surface area contributed by atoms with Gasteiger partial charge >= 0.3 is 0 Å². The third kappa shape index (κ3) is 6.24. The molecule has 1 aliphatic rings. The van der Waals surface area contributed by atoms with Crippen molar-refractivity contribution in [2.75, 3.05) is 33.4 Å². The molecule has 0 aromatic heterocycles. The summed E-state index contributed by atoms with van der Waals surface area (Å²) in [5.41, 5.74) is 0. The number of methoxy groups -OCH3 is 1. The van der Waals surface area contributed by atoms with Crippen molar-refractivity contribution in [2.45, 2.75) is 59.0 Å². The van der Waals surface area contributed by atoms with Gasteiger partial charge in [0.15, 0.2) is 0 Å². The van der Waals surface area contributed by atoms with Crippen molar-refractivity contribution < 1.29 is 4.74 Å². The van der Waals surface area contributed by atoms with E-state index in [0.29, 0.717) is 12.1 Å². The van der Waals surface area contributed by atoms with Crippen molar-refractivity contribution in [3.63, 3.8) is 0 Å². The Morgan fingerprint density at radius 3 is 2.37 bits per heavy atom. The van der Waals surface area contributed by atoms with Crippen LogP contribution in [-0.4, -0.2) is 50.3 Å². The lowest BCUT2D eigenvalue weighted by molar-refractivity contribution is 0.0783. The lowest BCUT2D eigenvalue weighted by Crippen LogP contribution is -2.49. The summed E-state index contributed by atoms with van der Waals surface area (Å²) in [5.74, 6) is 1.65. The molecule has 1 rings (SSSR count). The van der Waals surface area contributed by atoms with E-state index in [9.17, 15) is 0 Å². The highest BCUT2D eigenvalue weighted by molar-refractivity contribution is 4.88. The number of ether oxygens (including phenoxy) is 1. The predicted octanol–water partition coefficient (Wildman–Crippen LogP) is 2.76. The average Bonchev–Trinajstić information content (AvgIpc) is 3.20. The molecule has 0 amide bonds. The van der Waals surface area contributed by atoms with E-state index < -0.39 is 0 Å². The van der Waals surface area contributed by atoms with Crippen LogP contribution in [0.2, 0.25) is 0 Å². The molecule has 1 aliphatic carbocycles. The molecular formula is C16H34N2O. The largest absolute Gasteiger partial charge is 0.383 e. The minimum absolute atomic E-state index is 0.643. The standard InChI is InChI=1S/C16H34N2O/c1-6-16(12-17-11-13(2)3)18(9-10-19-5)14(4)15-7-8-15/h13-17H,6-12H2,1-5H3. The molecule has 2 unspecified atom stereocenters. The Morgan fingerprint density at radius 2 is 1.89 bits per heavy atom. The van der Waals surface area contributed by atoms with E-state index in [1.54, 1.807) is 7.11 Å². The molecule has 0 saturated heterocycles. The van der Waals surface area contributed by atoms with Gasteiger partial charge in [0.25, 0.3) is 0 Å². The van der Waals surface area contributed by atoms with Crippen LogP contribution in [0, 0.1) is 11.8 Å². The Morgan fingerprint density at radius 1 is 1.21 bits per heavy atom. The van der Waals surface area contributed by atoms with Gasteiger partial charge in [-0.05, 0) is 44.6 Å². The Balaban J connectivity index is 2.47. The van der Waals surface area contributed by atoms with Crippen LogP contribution in [0.4, 0.5) is 0 Å². The molecular weight excluding hydrogens is 236 g/mol. The summed E-state index contributed by atoms with van der Waals surface area (Å²) in [7, 11) is 1.80. The first-order chi connectivity index (χ1) is 9.10. The van der Waals surface area contributed by atoms with E-state index in [-0.39, 0.29) is 0 Å². The molecule has 3 nitrogen and oxygen atoms in total. The smallest absolute Gasteiger partial charge is 0.0589 e. The van der Waals surface area contributed by atoms with Gasteiger partial charge in [-0.3, -0.25) is 4.90 Å². The third-order valence-electron chi connectivity index (χ3n) is 4.25. The zero-order valence-corrected chi connectivity index (χ0v) is 13.6. The molecule has 19 heavy (non-hydrogen) atoms. The van der Waals surface area contributed by atoms with Crippen LogP contribution in [0.1, 0.15) is 47.0 Å². The Hall–Kier alpha value is -0.120. The molecule has 3 heteroatoms. The van der Waals surface area contributed by atoms with Gasteiger partial charge in [-0.1, -0.05) is 20.8 Å². The lowest BCUT2D eigenvalue weighted by atomic mass is 10.1. The van der Waals surface area contributed by atoms with Crippen LogP contribution in [0.25, 0.3) is 0 Å². The quantitative estimate of drug-likeness (QED) is 0.625. The topological polar surface area (TPSA) is 24.5 Å². The van der Waals surface area contributed by atoms with Gasteiger partial charge < -0.3 is 10.1 Å². The Bertz CT molecular complexity index is 229. The number of nitrogens with one attached hydrogen (secondary N) is 1. The molecule has 1 fully saturated rings. The van der Waals surface area contributed by atoms with Crippen LogP contribution in [0.15, 0.2) is 0 Å². The summed E-state index contributed by atoms with van der Waals surface area (Å²) in [6.07, 6.45) is 4.05. The lowest BCUT2D eigenvalue weighted by Gasteiger charge is -2.36. The van der Waals surface area contributed by atoms with Gasteiger partial charge in [0.1, 0.15) is 0 Å². The second-order valence-electron chi connectivity index (χ2n) is 6.42. The maximum atomic E-state index is 5.30. The Labute approximate surface area is 120 Å². The summed E-state index contributed by atoms with van der Waals surface area (Å²) >= 11 is 0. The summed E-state index contributed by atoms with van der Waals surface area (Å²) in [6.45, 7) is 13.4. The molecule has 0 radical (unpaired) electrons. The molecule has 0 aliphatic heterocycles. The minimum Gasteiger partial charge on any atom is -0.383 e. The number of hydrogen-bond acceptors (Lipinski definition) is 3. The van der Waals surface area contributed by atoms with E-state index in [1.165, 1.54) is 19.3 Å². The van der Waals surface area contributed by atoms with Crippen LogP contribution in [-0.2, 0) is 4.74 Å². The van der Waals surface area contributed by atoms with Crippen molar-refractivity contribution in [1.82, 2.24) is 10.2 Å². The molecule has 1 N–H and O–H groups in total. The van der Waals surface area contributed by atoms with Gasteiger partial charge in [0.2, 0.25) is 0 Å². The first-order valence-electron chi connectivity index (χ1n) is 8.05. The number of rotatable bonds is 11. The van der Waals surface area contributed by atoms with Crippen molar-refractivity contribution in [2.24, 2.45) is 11.8 Å². The maximum Gasteiger partial charge on any atom is 0.0589 e. The van der Waals surface area contributed by atoms with Gasteiger partial charge in [-0.2, -0.15) is 0 Å². The molecule has 0 aromatic rings. The average molecular weight is 270 g/mol. The fraction of sp³-hybridized carbons (Fsp3) is 1.00. The maximum absolute atomic E-state index is 5.30. The third-order valence-corrected chi connectivity index (χ3v) is 4.25. The zero-order valence-electron chi connectivity index (χ0n) is 13.6. The molecule has 114 valence electrons. The first kappa shape index (κ1) is 16.9. The summed E-state index contributed by atoms with van der Waals surface area (Å²) in [6, 6.07) is 1.35. The molecule has 0 aromatic carbocycles. The van der Waals surface area contributed by atoms with Crippen molar-refractivity contribution in [3.05, 3.63) is 0 Å². The van der Waals surface area contributed by atoms with E-state index in [4.69, 9.17) is 4.74 Å². The summed E-state index contributed by atoms with van der Waals surface area (Å²) in [5, 5.41) is 3.62. The summed E-state index contributed by atoms with van der Waals surface area (Å²) in [4.78, 5) is 2.68. The van der Waals surface area contributed by atoms with Crippen LogP contribution >= 0.6 is 0 Å². The van der Waals surface area contributed by atoms with Crippen molar-refractivity contribution in [3.8, 4) is 0 Å².